The molecular weight excluding hydrogens is 254 g/mol. The second-order valence-electron chi connectivity index (χ2n) is 3.65. The summed E-state index contributed by atoms with van der Waals surface area (Å²) in [5.41, 5.74) is 5.39. The maximum Gasteiger partial charge on any atom is 0.260 e. The van der Waals surface area contributed by atoms with E-state index in [9.17, 15) is 4.79 Å². The Bertz CT molecular complexity index is 561. The molecule has 4 nitrogen and oxygen atoms in total. The minimum atomic E-state index is -0.0406. The van der Waals surface area contributed by atoms with E-state index in [0.717, 1.165) is 23.4 Å². The van der Waals surface area contributed by atoms with Crippen molar-refractivity contribution in [3.63, 3.8) is 0 Å². The van der Waals surface area contributed by atoms with Crippen molar-refractivity contribution in [3.05, 3.63) is 21.3 Å². The molecule has 0 fully saturated rings. The monoisotopic (exact) mass is 269 g/mol. The van der Waals surface area contributed by atoms with Gasteiger partial charge < -0.3 is 10.7 Å². The number of thioether (sulfide) groups is 1. The van der Waals surface area contributed by atoms with E-state index in [-0.39, 0.29) is 5.56 Å². The van der Waals surface area contributed by atoms with E-state index >= 15 is 0 Å². The smallest absolute Gasteiger partial charge is 0.260 e. The van der Waals surface area contributed by atoms with Crippen LogP contribution >= 0.6 is 23.1 Å². The highest BCUT2D eigenvalue weighted by Gasteiger charge is 2.08. The Morgan fingerprint density at radius 2 is 2.41 bits per heavy atom. The predicted molar refractivity (Wildman–Crippen MR) is 74.0 cm³/mol. The van der Waals surface area contributed by atoms with Crippen LogP contribution < -0.4 is 11.3 Å². The zero-order valence-electron chi connectivity index (χ0n) is 9.66. The predicted octanol–water partition coefficient (Wildman–Crippen LogP) is 1.99. The van der Waals surface area contributed by atoms with Crippen molar-refractivity contribution >= 4 is 33.3 Å². The molecule has 92 valence electrons. The first-order chi connectivity index (χ1) is 8.24. The van der Waals surface area contributed by atoms with E-state index in [1.807, 2.05) is 6.07 Å². The molecule has 0 aliphatic heterocycles. The van der Waals surface area contributed by atoms with Crippen molar-refractivity contribution in [2.24, 2.45) is 5.73 Å². The number of aromatic amines is 1. The Morgan fingerprint density at radius 1 is 1.59 bits per heavy atom. The fraction of sp³-hybridized carbons (Fsp3) is 0.455. The molecule has 0 saturated heterocycles. The van der Waals surface area contributed by atoms with E-state index in [4.69, 9.17) is 5.73 Å². The number of hydrogen-bond donors (Lipinski definition) is 2. The topological polar surface area (TPSA) is 71.8 Å². The maximum atomic E-state index is 11.8. The summed E-state index contributed by atoms with van der Waals surface area (Å²) in [5.74, 6) is 0.886. The van der Waals surface area contributed by atoms with E-state index < -0.39 is 0 Å². The standard InChI is InChI=1S/C11H15N3OS2/c1-2-7-6-8-9(15)13-11(14-10(8)17-7)16-5-3-4-12/h6H,2-5,12H2,1H3,(H,13,14,15). The molecule has 0 bridgehead atoms. The first-order valence-electron chi connectivity index (χ1n) is 5.60. The van der Waals surface area contributed by atoms with Crippen LogP contribution in [-0.4, -0.2) is 22.3 Å². The summed E-state index contributed by atoms with van der Waals surface area (Å²) in [6.07, 6.45) is 1.87. The van der Waals surface area contributed by atoms with E-state index in [0.29, 0.717) is 17.1 Å². The fourth-order valence-corrected chi connectivity index (χ4v) is 3.31. The van der Waals surface area contributed by atoms with Crippen LogP contribution in [0.25, 0.3) is 10.2 Å². The largest absolute Gasteiger partial charge is 0.330 e. The molecule has 0 saturated carbocycles. The highest BCUT2D eigenvalue weighted by Crippen LogP contribution is 2.23. The molecule has 2 rings (SSSR count). The van der Waals surface area contributed by atoms with Crippen molar-refractivity contribution < 1.29 is 0 Å². The van der Waals surface area contributed by atoms with Gasteiger partial charge in [-0.2, -0.15) is 0 Å². The Morgan fingerprint density at radius 3 is 3.12 bits per heavy atom. The van der Waals surface area contributed by atoms with Gasteiger partial charge in [0.15, 0.2) is 5.16 Å². The second kappa shape index (κ2) is 5.66. The van der Waals surface area contributed by atoms with Crippen molar-refractivity contribution in [2.75, 3.05) is 12.3 Å². The molecule has 6 heteroatoms. The summed E-state index contributed by atoms with van der Waals surface area (Å²) in [4.78, 5) is 21.1. The number of aromatic nitrogens is 2. The van der Waals surface area contributed by atoms with Crippen molar-refractivity contribution in [1.82, 2.24) is 9.97 Å². The zero-order valence-corrected chi connectivity index (χ0v) is 11.3. The third-order valence-electron chi connectivity index (χ3n) is 2.37. The Kier molecular flexibility index (Phi) is 4.20. The number of fused-ring (bicyclic) bond motifs is 1. The molecule has 0 aliphatic carbocycles. The number of rotatable bonds is 5. The van der Waals surface area contributed by atoms with Crippen molar-refractivity contribution in [1.29, 1.82) is 0 Å². The Labute approximate surface area is 108 Å². The van der Waals surface area contributed by atoms with Gasteiger partial charge >= 0.3 is 0 Å². The van der Waals surface area contributed by atoms with Gasteiger partial charge in [-0.25, -0.2) is 4.98 Å². The van der Waals surface area contributed by atoms with Gasteiger partial charge in [0.1, 0.15) is 4.83 Å². The lowest BCUT2D eigenvalue weighted by atomic mass is 10.3. The molecule has 0 radical (unpaired) electrons. The highest BCUT2D eigenvalue weighted by atomic mass is 32.2. The van der Waals surface area contributed by atoms with Gasteiger partial charge in [0.25, 0.3) is 5.56 Å². The summed E-state index contributed by atoms with van der Waals surface area (Å²) in [5, 5.41) is 1.40. The maximum absolute atomic E-state index is 11.8. The minimum Gasteiger partial charge on any atom is -0.330 e. The summed E-state index contributed by atoms with van der Waals surface area (Å²) >= 11 is 3.15. The van der Waals surface area contributed by atoms with Gasteiger partial charge in [0, 0.05) is 10.6 Å². The third kappa shape index (κ3) is 2.88. The lowest BCUT2D eigenvalue weighted by Crippen LogP contribution is -2.08. The first kappa shape index (κ1) is 12.6. The van der Waals surface area contributed by atoms with Crippen LogP contribution in [0.4, 0.5) is 0 Å². The molecular formula is C11H15N3OS2. The van der Waals surface area contributed by atoms with Crippen LogP contribution in [0.5, 0.6) is 0 Å². The van der Waals surface area contributed by atoms with Crippen LogP contribution in [0.3, 0.4) is 0 Å². The fourth-order valence-electron chi connectivity index (χ4n) is 1.46. The molecule has 2 aromatic heterocycles. The molecule has 17 heavy (non-hydrogen) atoms. The molecule has 2 aromatic rings. The number of hydrogen-bond acceptors (Lipinski definition) is 5. The molecule has 0 spiro atoms. The van der Waals surface area contributed by atoms with Gasteiger partial charge in [-0.05, 0) is 25.5 Å². The summed E-state index contributed by atoms with van der Waals surface area (Å²) in [6, 6.07) is 1.93. The lowest BCUT2D eigenvalue weighted by Gasteiger charge is -1.99. The summed E-state index contributed by atoms with van der Waals surface area (Å²) in [6.45, 7) is 2.74. The van der Waals surface area contributed by atoms with E-state index in [1.165, 1.54) is 4.88 Å². The molecule has 0 unspecified atom stereocenters. The average Bonchev–Trinajstić information content (AvgIpc) is 2.73. The number of nitrogens with zero attached hydrogens (tertiary/aromatic N) is 1. The normalized spacial score (nSPS) is 11.2. The summed E-state index contributed by atoms with van der Waals surface area (Å²) in [7, 11) is 0. The number of thiophene rings is 1. The number of nitrogens with one attached hydrogen (secondary N) is 1. The SMILES string of the molecule is CCc1cc2c(=O)[nH]c(SCCCN)nc2s1. The third-order valence-corrected chi connectivity index (χ3v) is 4.50. The number of aryl methyl sites for hydroxylation is 1. The molecule has 0 atom stereocenters. The molecule has 3 N–H and O–H groups in total. The molecule has 0 amide bonds. The van der Waals surface area contributed by atoms with Gasteiger partial charge in [-0.1, -0.05) is 18.7 Å². The minimum absolute atomic E-state index is 0.0406. The van der Waals surface area contributed by atoms with Gasteiger partial charge in [-0.3, -0.25) is 4.79 Å². The molecule has 0 aromatic carbocycles. The van der Waals surface area contributed by atoms with Crippen LogP contribution in [0.1, 0.15) is 18.2 Å². The average molecular weight is 269 g/mol. The second-order valence-corrected chi connectivity index (χ2v) is 5.85. The van der Waals surface area contributed by atoms with Gasteiger partial charge in [-0.15, -0.1) is 11.3 Å². The zero-order chi connectivity index (χ0) is 12.3. The van der Waals surface area contributed by atoms with Gasteiger partial charge in [0.2, 0.25) is 0 Å². The van der Waals surface area contributed by atoms with E-state index in [2.05, 4.69) is 16.9 Å². The van der Waals surface area contributed by atoms with Crippen LogP contribution in [0.2, 0.25) is 0 Å². The van der Waals surface area contributed by atoms with Crippen molar-refractivity contribution in [3.8, 4) is 0 Å². The van der Waals surface area contributed by atoms with E-state index in [1.54, 1.807) is 23.1 Å². The number of H-pyrrole nitrogens is 1. The first-order valence-corrected chi connectivity index (χ1v) is 7.40. The quantitative estimate of drug-likeness (QED) is 0.494. The van der Waals surface area contributed by atoms with Crippen LogP contribution in [0.15, 0.2) is 16.0 Å². The lowest BCUT2D eigenvalue weighted by molar-refractivity contribution is 0.929. The van der Waals surface area contributed by atoms with Crippen LogP contribution in [-0.2, 0) is 6.42 Å². The molecule has 2 heterocycles. The molecule has 0 aliphatic rings. The Balaban J connectivity index is 2.30. The Hall–Kier alpha value is -0.850. The summed E-state index contributed by atoms with van der Waals surface area (Å²) < 4.78 is 0. The highest BCUT2D eigenvalue weighted by molar-refractivity contribution is 7.99. The number of nitrogens with two attached hydrogens (primary N) is 1. The van der Waals surface area contributed by atoms with Gasteiger partial charge in [0.05, 0.1) is 5.39 Å². The van der Waals surface area contributed by atoms with Crippen LogP contribution in [0, 0.1) is 0 Å². The van der Waals surface area contributed by atoms with Crippen molar-refractivity contribution in [2.45, 2.75) is 24.9 Å².